The molecule has 0 bridgehead atoms. The van der Waals surface area contributed by atoms with Gasteiger partial charge in [0.05, 0.1) is 11.3 Å². The van der Waals surface area contributed by atoms with Crippen molar-refractivity contribution >= 4 is 5.91 Å². The lowest BCUT2D eigenvalue weighted by Crippen LogP contribution is -2.44. The van der Waals surface area contributed by atoms with Crippen molar-refractivity contribution in [3.8, 4) is 0 Å². The van der Waals surface area contributed by atoms with Gasteiger partial charge in [-0.15, -0.1) is 0 Å². The van der Waals surface area contributed by atoms with Gasteiger partial charge >= 0.3 is 0 Å². The Bertz CT molecular complexity index is 441. The SMILES string of the molecule is CCc1nn(C)cc1C(=O)NC1CCCCC1CN. The minimum Gasteiger partial charge on any atom is -0.349 e. The molecule has 1 aromatic rings. The number of aromatic nitrogens is 2. The fourth-order valence-corrected chi connectivity index (χ4v) is 2.91. The van der Waals surface area contributed by atoms with Crippen molar-refractivity contribution in [3.63, 3.8) is 0 Å². The van der Waals surface area contributed by atoms with Crippen molar-refractivity contribution in [3.05, 3.63) is 17.5 Å². The number of nitrogens with zero attached hydrogens (tertiary/aromatic N) is 2. The molecule has 1 saturated carbocycles. The highest BCUT2D eigenvalue weighted by molar-refractivity contribution is 5.95. The van der Waals surface area contributed by atoms with Gasteiger partial charge in [-0.1, -0.05) is 19.8 Å². The van der Waals surface area contributed by atoms with Crippen LogP contribution in [0.25, 0.3) is 0 Å². The predicted octanol–water partition coefficient (Wildman–Crippen LogP) is 1.23. The van der Waals surface area contributed by atoms with Crippen molar-refractivity contribution in [1.29, 1.82) is 0 Å². The summed E-state index contributed by atoms with van der Waals surface area (Å²) in [6, 6.07) is 0.219. The fourth-order valence-electron chi connectivity index (χ4n) is 2.91. The topological polar surface area (TPSA) is 72.9 Å². The maximum Gasteiger partial charge on any atom is 0.254 e. The summed E-state index contributed by atoms with van der Waals surface area (Å²) in [4.78, 5) is 12.4. The third kappa shape index (κ3) is 3.15. The second kappa shape index (κ2) is 6.19. The molecule has 0 spiro atoms. The van der Waals surface area contributed by atoms with Gasteiger partial charge in [0.1, 0.15) is 0 Å². The Morgan fingerprint density at radius 2 is 2.26 bits per heavy atom. The van der Waals surface area contributed by atoms with E-state index in [2.05, 4.69) is 10.4 Å². The summed E-state index contributed by atoms with van der Waals surface area (Å²) in [5, 5.41) is 7.47. The minimum absolute atomic E-state index is 0.00435. The highest BCUT2D eigenvalue weighted by Gasteiger charge is 2.26. The quantitative estimate of drug-likeness (QED) is 0.859. The van der Waals surface area contributed by atoms with Gasteiger partial charge in [-0.3, -0.25) is 9.48 Å². The van der Waals surface area contributed by atoms with Crippen LogP contribution in [0.2, 0.25) is 0 Å². The van der Waals surface area contributed by atoms with Gasteiger partial charge < -0.3 is 11.1 Å². The normalized spacial score (nSPS) is 23.3. The molecule has 106 valence electrons. The number of rotatable bonds is 4. The van der Waals surface area contributed by atoms with Gasteiger partial charge in [0.15, 0.2) is 0 Å². The molecule has 0 aliphatic heterocycles. The molecule has 0 radical (unpaired) electrons. The van der Waals surface area contributed by atoms with Crippen LogP contribution < -0.4 is 11.1 Å². The molecule has 0 aromatic carbocycles. The number of hydrogen-bond acceptors (Lipinski definition) is 3. The summed E-state index contributed by atoms with van der Waals surface area (Å²) in [7, 11) is 1.85. The number of nitrogens with two attached hydrogens (primary N) is 1. The molecule has 2 rings (SSSR count). The first-order valence-corrected chi connectivity index (χ1v) is 7.19. The molecule has 1 amide bonds. The van der Waals surface area contributed by atoms with E-state index in [9.17, 15) is 4.79 Å². The Balaban J connectivity index is 2.07. The average molecular weight is 264 g/mol. The molecule has 5 nitrogen and oxygen atoms in total. The average Bonchev–Trinajstić information content (AvgIpc) is 2.80. The third-order valence-electron chi connectivity index (χ3n) is 4.01. The van der Waals surface area contributed by atoms with Crippen LogP contribution in [0.5, 0.6) is 0 Å². The number of amides is 1. The lowest BCUT2D eigenvalue weighted by molar-refractivity contribution is 0.0907. The first kappa shape index (κ1) is 14.1. The van der Waals surface area contributed by atoms with Crippen LogP contribution in [0.3, 0.4) is 0 Å². The summed E-state index contributed by atoms with van der Waals surface area (Å²) in [5.74, 6) is 0.412. The number of carbonyl (C=O) groups excluding carboxylic acids is 1. The predicted molar refractivity (Wildman–Crippen MR) is 74.9 cm³/mol. The molecule has 3 N–H and O–H groups in total. The van der Waals surface area contributed by atoms with Crippen LogP contribution in [-0.2, 0) is 13.5 Å². The van der Waals surface area contributed by atoms with E-state index in [-0.39, 0.29) is 11.9 Å². The van der Waals surface area contributed by atoms with Gasteiger partial charge in [-0.25, -0.2) is 0 Å². The molecule has 0 saturated heterocycles. The van der Waals surface area contributed by atoms with Crippen LogP contribution in [0, 0.1) is 5.92 Å². The Labute approximate surface area is 114 Å². The third-order valence-corrected chi connectivity index (χ3v) is 4.01. The van der Waals surface area contributed by atoms with E-state index in [0.717, 1.165) is 25.0 Å². The van der Waals surface area contributed by atoms with Crippen LogP contribution in [-0.4, -0.2) is 28.3 Å². The molecule has 2 unspecified atom stereocenters. The maximum absolute atomic E-state index is 12.4. The maximum atomic E-state index is 12.4. The smallest absolute Gasteiger partial charge is 0.254 e. The highest BCUT2D eigenvalue weighted by Crippen LogP contribution is 2.24. The van der Waals surface area contributed by atoms with Crippen molar-refractivity contribution in [2.24, 2.45) is 18.7 Å². The summed E-state index contributed by atoms with van der Waals surface area (Å²) in [5.41, 5.74) is 7.36. The molecule has 1 fully saturated rings. The fraction of sp³-hybridized carbons (Fsp3) is 0.714. The van der Waals surface area contributed by atoms with Gasteiger partial charge in [0.2, 0.25) is 0 Å². The van der Waals surface area contributed by atoms with Crippen LogP contribution in [0.1, 0.15) is 48.7 Å². The first-order chi connectivity index (χ1) is 9.15. The van der Waals surface area contributed by atoms with Crippen molar-refractivity contribution in [2.45, 2.75) is 45.1 Å². The number of carbonyl (C=O) groups is 1. The molecule has 19 heavy (non-hydrogen) atoms. The Morgan fingerprint density at radius 1 is 1.53 bits per heavy atom. The molecule has 1 aliphatic carbocycles. The Morgan fingerprint density at radius 3 is 2.95 bits per heavy atom. The Hall–Kier alpha value is -1.36. The van der Waals surface area contributed by atoms with Crippen molar-refractivity contribution in [2.75, 3.05) is 6.54 Å². The second-order valence-corrected chi connectivity index (χ2v) is 5.38. The van der Waals surface area contributed by atoms with E-state index in [0.29, 0.717) is 18.0 Å². The number of aryl methyl sites for hydroxylation is 2. The molecule has 5 heteroatoms. The molecule has 2 atom stereocenters. The summed E-state index contributed by atoms with van der Waals surface area (Å²) < 4.78 is 1.70. The van der Waals surface area contributed by atoms with E-state index in [1.165, 1.54) is 12.8 Å². The zero-order valence-corrected chi connectivity index (χ0v) is 11.9. The zero-order valence-electron chi connectivity index (χ0n) is 11.9. The minimum atomic E-state index is -0.00435. The first-order valence-electron chi connectivity index (χ1n) is 7.19. The zero-order chi connectivity index (χ0) is 13.8. The standard InChI is InChI=1S/C14H24N4O/c1-3-12-11(9-18(2)17-12)14(19)16-13-7-5-4-6-10(13)8-15/h9-10,13H,3-8,15H2,1-2H3,(H,16,19). The van der Waals surface area contributed by atoms with E-state index < -0.39 is 0 Å². The monoisotopic (exact) mass is 264 g/mol. The molecule has 1 aromatic heterocycles. The molecule has 1 aliphatic rings. The lowest BCUT2D eigenvalue weighted by Gasteiger charge is -2.31. The molecular weight excluding hydrogens is 240 g/mol. The van der Waals surface area contributed by atoms with Crippen LogP contribution in [0.15, 0.2) is 6.20 Å². The Kier molecular flexibility index (Phi) is 4.58. The van der Waals surface area contributed by atoms with E-state index in [1.807, 2.05) is 14.0 Å². The highest BCUT2D eigenvalue weighted by atomic mass is 16.1. The van der Waals surface area contributed by atoms with E-state index in [4.69, 9.17) is 5.73 Å². The van der Waals surface area contributed by atoms with E-state index in [1.54, 1.807) is 10.9 Å². The van der Waals surface area contributed by atoms with Gasteiger partial charge in [0, 0.05) is 19.3 Å². The van der Waals surface area contributed by atoms with Gasteiger partial charge in [-0.2, -0.15) is 5.10 Å². The van der Waals surface area contributed by atoms with E-state index >= 15 is 0 Å². The largest absolute Gasteiger partial charge is 0.349 e. The van der Waals surface area contributed by atoms with Crippen LogP contribution in [0.4, 0.5) is 0 Å². The van der Waals surface area contributed by atoms with Gasteiger partial charge in [-0.05, 0) is 31.7 Å². The summed E-state index contributed by atoms with van der Waals surface area (Å²) in [6.07, 6.45) is 7.13. The number of nitrogens with one attached hydrogen (secondary N) is 1. The molecule has 1 heterocycles. The second-order valence-electron chi connectivity index (χ2n) is 5.38. The summed E-state index contributed by atoms with van der Waals surface area (Å²) >= 11 is 0. The van der Waals surface area contributed by atoms with Gasteiger partial charge in [0.25, 0.3) is 5.91 Å². The van der Waals surface area contributed by atoms with Crippen LogP contribution >= 0.6 is 0 Å². The molecular formula is C14H24N4O. The van der Waals surface area contributed by atoms with Crippen molar-refractivity contribution < 1.29 is 4.79 Å². The lowest BCUT2D eigenvalue weighted by atomic mass is 9.84. The summed E-state index contributed by atoms with van der Waals surface area (Å²) in [6.45, 7) is 2.67. The number of hydrogen-bond donors (Lipinski definition) is 2. The van der Waals surface area contributed by atoms with Crippen molar-refractivity contribution in [1.82, 2.24) is 15.1 Å².